The summed E-state index contributed by atoms with van der Waals surface area (Å²) in [7, 11) is -3.13. The predicted octanol–water partition coefficient (Wildman–Crippen LogP) is 1.21. The second-order valence-electron chi connectivity index (χ2n) is 5.03. The highest BCUT2D eigenvalue weighted by atomic mass is 32.2. The number of nitrogens with one attached hydrogen (secondary N) is 1. The summed E-state index contributed by atoms with van der Waals surface area (Å²) in [6.45, 7) is 6.31. The van der Waals surface area contributed by atoms with Crippen molar-refractivity contribution in [2.24, 2.45) is 0 Å². The number of benzene rings is 1. The number of fused-ring (bicyclic) bond motifs is 1. The molecule has 0 bridgehead atoms. The SMILES string of the molecule is CCS(=O)(=O)NC[C@@H](C)N1CCOc2ccccc2C1. The Kier molecular flexibility index (Phi) is 5.01. The van der Waals surface area contributed by atoms with Crippen molar-refractivity contribution in [2.75, 3.05) is 25.4 Å². The summed E-state index contributed by atoms with van der Waals surface area (Å²) in [5.74, 6) is 1.04. The van der Waals surface area contributed by atoms with Gasteiger partial charge >= 0.3 is 0 Å². The van der Waals surface area contributed by atoms with Crippen molar-refractivity contribution in [3.05, 3.63) is 29.8 Å². The van der Waals surface area contributed by atoms with Crippen LogP contribution in [-0.2, 0) is 16.6 Å². The molecule has 0 unspecified atom stereocenters. The van der Waals surface area contributed by atoms with Gasteiger partial charge in [-0.25, -0.2) is 13.1 Å². The van der Waals surface area contributed by atoms with Gasteiger partial charge in [0.2, 0.25) is 10.0 Å². The molecule has 112 valence electrons. The molecule has 1 aromatic rings. The standard InChI is InChI=1S/C14H22N2O3S/c1-3-20(17,18)15-10-12(2)16-8-9-19-14-7-5-4-6-13(14)11-16/h4-7,12,15H,3,8-11H2,1-2H3/t12-/m1/s1. The lowest BCUT2D eigenvalue weighted by Gasteiger charge is -2.27. The highest BCUT2D eigenvalue weighted by Crippen LogP contribution is 2.23. The number of rotatable bonds is 5. The summed E-state index contributed by atoms with van der Waals surface area (Å²) < 4.78 is 31.4. The molecule has 0 aromatic heterocycles. The Labute approximate surface area is 121 Å². The maximum Gasteiger partial charge on any atom is 0.211 e. The van der Waals surface area contributed by atoms with E-state index in [1.807, 2.05) is 25.1 Å². The number of hydrogen-bond donors (Lipinski definition) is 1. The number of sulfonamides is 1. The largest absolute Gasteiger partial charge is 0.492 e. The molecule has 0 spiro atoms. The van der Waals surface area contributed by atoms with Gasteiger partial charge in [-0.15, -0.1) is 0 Å². The molecule has 0 fully saturated rings. The van der Waals surface area contributed by atoms with Gasteiger partial charge in [-0.05, 0) is 19.9 Å². The van der Waals surface area contributed by atoms with E-state index in [0.29, 0.717) is 13.2 Å². The summed E-state index contributed by atoms with van der Waals surface area (Å²) >= 11 is 0. The topological polar surface area (TPSA) is 58.6 Å². The van der Waals surface area contributed by atoms with Gasteiger partial charge in [0.25, 0.3) is 0 Å². The monoisotopic (exact) mass is 298 g/mol. The maximum atomic E-state index is 11.5. The second-order valence-corrected chi connectivity index (χ2v) is 7.12. The van der Waals surface area contributed by atoms with E-state index in [4.69, 9.17) is 4.74 Å². The van der Waals surface area contributed by atoms with E-state index in [1.54, 1.807) is 6.92 Å². The van der Waals surface area contributed by atoms with E-state index >= 15 is 0 Å². The van der Waals surface area contributed by atoms with Crippen LogP contribution in [0.25, 0.3) is 0 Å². The lowest BCUT2D eigenvalue weighted by Crippen LogP contribution is -2.43. The van der Waals surface area contributed by atoms with Crippen molar-refractivity contribution in [1.82, 2.24) is 9.62 Å². The van der Waals surface area contributed by atoms with Crippen LogP contribution in [0.1, 0.15) is 19.4 Å². The molecule has 0 saturated carbocycles. The molecule has 1 heterocycles. The van der Waals surface area contributed by atoms with Gasteiger partial charge in [0.05, 0.1) is 5.75 Å². The first kappa shape index (κ1) is 15.3. The van der Waals surface area contributed by atoms with Crippen molar-refractivity contribution in [2.45, 2.75) is 26.4 Å². The number of nitrogens with zero attached hydrogens (tertiary/aromatic N) is 1. The summed E-state index contributed by atoms with van der Waals surface area (Å²) in [5, 5.41) is 0. The molecule has 0 saturated heterocycles. The van der Waals surface area contributed by atoms with Crippen molar-refractivity contribution >= 4 is 10.0 Å². The highest BCUT2D eigenvalue weighted by molar-refractivity contribution is 7.89. The van der Waals surface area contributed by atoms with Crippen LogP contribution >= 0.6 is 0 Å². The lowest BCUT2D eigenvalue weighted by molar-refractivity contribution is 0.180. The highest BCUT2D eigenvalue weighted by Gasteiger charge is 2.20. The van der Waals surface area contributed by atoms with Crippen LogP contribution in [0.3, 0.4) is 0 Å². The number of ether oxygens (including phenoxy) is 1. The third-order valence-corrected chi connectivity index (χ3v) is 4.95. The van der Waals surface area contributed by atoms with E-state index in [-0.39, 0.29) is 11.8 Å². The molecule has 1 aliphatic heterocycles. The van der Waals surface area contributed by atoms with Gasteiger partial charge in [-0.1, -0.05) is 18.2 Å². The van der Waals surface area contributed by atoms with Gasteiger partial charge in [0.1, 0.15) is 12.4 Å². The molecule has 0 radical (unpaired) electrons. The Balaban J connectivity index is 1.99. The summed E-state index contributed by atoms with van der Waals surface area (Å²) in [5.41, 5.74) is 1.15. The molecule has 1 atom stereocenters. The Hall–Kier alpha value is -1.11. The van der Waals surface area contributed by atoms with Crippen molar-refractivity contribution in [3.63, 3.8) is 0 Å². The fourth-order valence-electron chi connectivity index (χ4n) is 2.20. The molecular formula is C14H22N2O3S. The fourth-order valence-corrected chi connectivity index (χ4v) is 2.90. The van der Waals surface area contributed by atoms with Crippen LogP contribution in [0.5, 0.6) is 5.75 Å². The summed E-state index contributed by atoms with van der Waals surface area (Å²) in [6.07, 6.45) is 0. The Morgan fingerprint density at radius 1 is 1.40 bits per heavy atom. The molecule has 5 nitrogen and oxygen atoms in total. The molecule has 0 amide bonds. The fraction of sp³-hybridized carbons (Fsp3) is 0.571. The zero-order valence-corrected chi connectivity index (χ0v) is 12.8. The minimum Gasteiger partial charge on any atom is -0.492 e. The summed E-state index contributed by atoms with van der Waals surface area (Å²) in [6, 6.07) is 8.12. The minimum absolute atomic E-state index is 0.117. The average molecular weight is 298 g/mol. The van der Waals surface area contributed by atoms with Crippen LogP contribution in [0.2, 0.25) is 0 Å². The quantitative estimate of drug-likeness (QED) is 0.887. The number of hydrogen-bond acceptors (Lipinski definition) is 4. The molecule has 1 aliphatic rings. The van der Waals surface area contributed by atoms with Gasteiger partial charge in [0, 0.05) is 31.2 Å². The summed E-state index contributed by atoms with van der Waals surface area (Å²) in [4.78, 5) is 2.24. The Morgan fingerprint density at radius 3 is 2.90 bits per heavy atom. The van der Waals surface area contributed by atoms with Gasteiger partial charge in [-0.3, -0.25) is 4.90 Å². The zero-order valence-electron chi connectivity index (χ0n) is 12.0. The van der Waals surface area contributed by atoms with Crippen molar-refractivity contribution in [1.29, 1.82) is 0 Å². The van der Waals surface area contributed by atoms with Crippen molar-refractivity contribution in [3.8, 4) is 5.75 Å². The van der Waals surface area contributed by atoms with Crippen LogP contribution in [0.15, 0.2) is 24.3 Å². The average Bonchev–Trinajstić information content (AvgIpc) is 2.67. The maximum absolute atomic E-state index is 11.5. The molecule has 20 heavy (non-hydrogen) atoms. The number of para-hydroxylation sites is 1. The van der Waals surface area contributed by atoms with Crippen LogP contribution in [0.4, 0.5) is 0 Å². The first-order valence-electron chi connectivity index (χ1n) is 6.94. The minimum atomic E-state index is -3.13. The predicted molar refractivity (Wildman–Crippen MR) is 79.3 cm³/mol. The van der Waals surface area contributed by atoms with E-state index < -0.39 is 10.0 Å². The van der Waals surface area contributed by atoms with Gasteiger partial charge in [-0.2, -0.15) is 0 Å². The lowest BCUT2D eigenvalue weighted by atomic mass is 10.1. The Bertz CT molecular complexity index is 545. The van der Waals surface area contributed by atoms with Gasteiger partial charge < -0.3 is 4.74 Å². The van der Waals surface area contributed by atoms with E-state index in [0.717, 1.165) is 24.4 Å². The molecule has 1 N–H and O–H groups in total. The van der Waals surface area contributed by atoms with Gasteiger partial charge in [0.15, 0.2) is 0 Å². The molecular weight excluding hydrogens is 276 g/mol. The first-order valence-corrected chi connectivity index (χ1v) is 8.59. The molecule has 0 aliphatic carbocycles. The smallest absolute Gasteiger partial charge is 0.211 e. The van der Waals surface area contributed by atoms with E-state index in [2.05, 4.69) is 15.7 Å². The zero-order chi connectivity index (χ0) is 14.6. The van der Waals surface area contributed by atoms with E-state index in [9.17, 15) is 8.42 Å². The third kappa shape index (κ3) is 3.94. The second kappa shape index (κ2) is 6.56. The molecule has 2 rings (SSSR count). The normalized spacial score (nSPS) is 17.9. The van der Waals surface area contributed by atoms with Crippen LogP contribution in [-0.4, -0.2) is 44.8 Å². The van der Waals surface area contributed by atoms with E-state index in [1.165, 1.54) is 0 Å². The van der Waals surface area contributed by atoms with Crippen LogP contribution < -0.4 is 9.46 Å². The van der Waals surface area contributed by atoms with Crippen LogP contribution in [0, 0.1) is 0 Å². The molecule has 6 heteroatoms. The molecule has 1 aromatic carbocycles. The first-order chi connectivity index (χ1) is 9.52. The van der Waals surface area contributed by atoms with Crippen molar-refractivity contribution < 1.29 is 13.2 Å². The third-order valence-electron chi connectivity index (χ3n) is 3.58. The Morgan fingerprint density at radius 2 is 2.15 bits per heavy atom.